The molecule has 1 N–H and O–H groups in total. The standard InChI is InChI=1S/C12H21NO3/c1-13(7-9-3-2-6-16-8-9)11(12(14)15)10-4-5-10/h9-11H,2-8H2,1H3,(H,14,15). The number of carboxylic acid groups (broad SMARTS) is 1. The van der Waals surface area contributed by atoms with Crippen LogP contribution in [-0.2, 0) is 9.53 Å². The van der Waals surface area contributed by atoms with E-state index in [0.717, 1.165) is 39.0 Å². The van der Waals surface area contributed by atoms with E-state index in [9.17, 15) is 9.90 Å². The average Bonchev–Trinajstić information content (AvgIpc) is 3.03. The summed E-state index contributed by atoms with van der Waals surface area (Å²) in [6, 6.07) is -0.276. The highest BCUT2D eigenvalue weighted by Crippen LogP contribution is 2.35. The van der Waals surface area contributed by atoms with Crippen LogP contribution in [0.2, 0.25) is 0 Å². The first-order chi connectivity index (χ1) is 7.68. The van der Waals surface area contributed by atoms with Crippen LogP contribution in [0.5, 0.6) is 0 Å². The lowest BCUT2D eigenvalue weighted by atomic mass is 10.0. The molecule has 4 nitrogen and oxygen atoms in total. The van der Waals surface area contributed by atoms with Gasteiger partial charge in [-0.05, 0) is 44.6 Å². The van der Waals surface area contributed by atoms with Gasteiger partial charge in [-0.2, -0.15) is 0 Å². The maximum absolute atomic E-state index is 11.2. The van der Waals surface area contributed by atoms with E-state index in [2.05, 4.69) is 0 Å². The number of carboxylic acids is 1. The molecule has 4 heteroatoms. The van der Waals surface area contributed by atoms with Gasteiger partial charge in [0.25, 0.3) is 0 Å². The second-order valence-electron chi connectivity index (χ2n) is 5.14. The van der Waals surface area contributed by atoms with Crippen LogP contribution in [0.3, 0.4) is 0 Å². The van der Waals surface area contributed by atoms with Crippen molar-refractivity contribution in [2.24, 2.45) is 11.8 Å². The normalized spacial score (nSPS) is 28.0. The van der Waals surface area contributed by atoms with Gasteiger partial charge in [0.15, 0.2) is 0 Å². The minimum atomic E-state index is -0.665. The Morgan fingerprint density at radius 3 is 2.75 bits per heavy atom. The molecule has 1 aliphatic carbocycles. The maximum atomic E-state index is 11.2. The van der Waals surface area contributed by atoms with Gasteiger partial charge in [0.1, 0.15) is 6.04 Å². The maximum Gasteiger partial charge on any atom is 0.321 e. The van der Waals surface area contributed by atoms with Gasteiger partial charge in [-0.1, -0.05) is 0 Å². The van der Waals surface area contributed by atoms with Gasteiger partial charge in [-0.25, -0.2) is 0 Å². The molecular weight excluding hydrogens is 206 g/mol. The van der Waals surface area contributed by atoms with E-state index in [-0.39, 0.29) is 6.04 Å². The monoisotopic (exact) mass is 227 g/mol. The predicted octanol–water partition coefficient (Wildman–Crippen LogP) is 1.21. The van der Waals surface area contributed by atoms with Gasteiger partial charge >= 0.3 is 5.97 Å². The molecule has 0 aromatic carbocycles. The quantitative estimate of drug-likeness (QED) is 0.767. The predicted molar refractivity (Wildman–Crippen MR) is 60.3 cm³/mol. The van der Waals surface area contributed by atoms with Crippen LogP contribution in [0.4, 0.5) is 0 Å². The lowest BCUT2D eigenvalue weighted by molar-refractivity contribution is -0.144. The highest BCUT2D eigenvalue weighted by Gasteiger charge is 2.39. The topological polar surface area (TPSA) is 49.8 Å². The molecule has 2 unspecified atom stereocenters. The summed E-state index contributed by atoms with van der Waals surface area (Å²) in [5, 5.41) is 9.21. The van der Waals surface area contributed by atoms with E-state index in [0.29, 0.717) is 11.8 Å². The third kappa shape index (κ3) is 2.95. The highest BCUT2D eigenvalue weighted by atomic mass is 16.5. The van der Waals surface area contributed by atoms with Gasteiger partial charge in [0.2, 0.25) is 0 Å². The van der Waals surface area contributed by atoms with Gasteiger partial charge in [0.05, 0.1) is 6.61 Å². The second-order valence-corrected chi connectivity index (χ2v) is 5.14. The van der Waals surface area contributed by atoms with Crippen molar-refractivity contribution in [1.82, 2.24) is 4.90 Å². The van der Waals surface area contributed by atoms with E-state index >= 15 is 0 Å². The Hall–Kier alpha value is -0.610. The number of nitrogens with zero attached hydrogens (tertiary/aromatic N) is 1. The molecule has 0 aromatic rings. The van der Waals surface area contributed by atoms with Crippen LogP contribution >= 0.6 is 0 Å². The fourth-order valence-corrected chi connectivity index (χ4v) is 2.63. The van der Waals surface area contributed by atoms with Gasteiger partial charge in [-0.15, -0.1) is 0 Å². The molecule has 0 radical (unpaired) electrons. The SMILES string of the molecule is CN(CC1CCCOC1)C(C(=O)O)C1CC1. The molecule has 1 saturated carbocycles. The molecule has 2 rings (SSSR count). The molecular formula is C12H21NO3. The van der Waals surface area contributed by atoms with Gasteiger partial charge in [-0.3, -0.25) is 9.69 Å². The van der Waals surface area contributed by atoms with Crippen molar-refractivity contribution in [2.75, 3.05) is 26.8 Å². The lowest BCUT2D eigenvalue weighted by Crippen LogP contribution is -2.43. The summed E-state index contributed by atoms with van der Waals surface area (Å²) in [5.74, 6) is 0.230. The van der Waals surface area contributed by atoms with Crippen molar-refractivity contribution in [2.45, 2.75) is 31.7 Å². The molecule has 1 aliphatic heterocycles. The minimum Gasteiger partial charge on any atom is -0.480 e. The Labute approximate surface area is 96.6 Å². The Kier molecular flexibility index (Phi) is 3.82. The van der Waals surface area contributed by atoms with Crippen molar-refractivity contribution in [3.8, 4) is 0 Å². The van der Waals surface area contributed by atoms with E-state index in [4.69, 9.17) is 4.74 Å². The van der Waals surface area contributed by atoms with Crippen molar-refractivity contribution in [1.29, 1.82) is 0 Å². The molecule has 2 aliphatic rings. The Bertz CT molecular complexity index is 247. The van der Waals surface area contributed by atoms with E-state index < -0.39 is 5.97 Å². The zero-order valence-corrected chi connectivity index (χ0v) is 9.89. The molecule has 0 spiro atoms. The van der Waals surface area contributed by atoms with Crippen molar-refractivity contribution >= 4 is 5.97 Å². The lowest BCUT2D eigenvalue weighted by Gasteiger charge is -2.30. The van der Waals surface area contributed by atoms with E-state index in [1.807, 2.05) is 11.9 Å². The Morgan fingerprint density at radius 2 is 2.25 bits per heavy atom. The molecule has 1 saturated heterocycles. The number of likely N-dealkylation sites (N-methyl/N-ethyl adjacent to an activating group) is 1. The van der Waals surface area contributed by atoms with E-state index in [1.54, 1.807) is 0 Å². The summed E-state index contributed by atoms with van der Waals surface area (Å²) < 4.78 is 5.43. The largest absolute Gasteiger partial charge is 0.480 e. The van der Waals surface area contributed by atoms with Crippen molar-refractivity contribution in [3.63, 3.8) is 0 Å². The number of carbonyl (C=O) groups is 1. The fraction of sp³-hybridized carbons (Fsp3) is 0.917. The number of ether oxygens (including phenoxy) is 1. The summed E-state index contributed by atoms with van der Waals surface area (Å²) in [4.78, 5) is 13.2. The summed E-state index contributed by atoms with van der Waals surface area (Å²) in [5.41, 5.74) is 0. The molecule has 16 heavy (non-hydrogen) atoms. The molecule has 0 aromatic heterocycles. The van der Waals surface area contributed by atoms with Crippen LogP contribution in [0.1, 0.15) is 25.7 Å². The Morgan fingerprint density at radius 1 is 1.50 bits per heavy atom. The van der Waals surface area contributed by atoms with Crippen LogP contribution in [0, 0.1) is 11.8 Å². The summed E-state index contributed by atoms with van der Waals surface area (Å²) in [7, 11) is 1.94. The van der Waals surface area contributed by atoms with Gasteiger partial charge in [0, 0.05) is 13.2 Å². The number of aliphatic carboxylic acids is 1. The molecule has 1 heterocycles. The zero-order valence-electron chi connectivity index (χ0n) is 9.89. The Balaban J connectivity index is 1.84. The number of hydrogen-bond donors (Lipinski definition) is 1. The van der Waals surface area contributed by atoms with Crippen LogP contribution in [-0.4, -0.2) is 48.8 Å². The number of hydrogen-bond acceptors (Lipinski definition) is 3. The van der Waals surface area contributed by atoms with Crippen molar-refractivity contribution < 1.29 is 14.6 Å². The molecule has 2 atom stereocenters. The molecule has 2 fully saturated rings. The molecule has 92 valence electrons. The third-order valence-electron chi connectivity index (χ3n) is 3.60. The third-order valence-corrected chi connectivity index (χ3v) is 3.60. The van der Waals surface area contributed by atoms with E-state index in [1.165, 1.54) is 6.42 Å². The van der Waals surface area contributed by atoms with Crippen LogP contribution in [0.25, 0.3) is 0 Å². The van der Waals surface area contributed by atoms with Crippen molar-refractivity contribution in [3.05, 3.63) is 0 Å². The molecule has 0 bridgehead atoms. The summed E-state index contributed by atoms with van der Waals surface area (Å²) in [6.07, 6.45) is 4.42. The molecule has 0 amide bonds. The second kappa shape index (κ2) is 5.15. The van der Waals surface area contributed by atoms with Crippen LogP contribution < -0.4 is 0 Å². The minimum absolute atomic E-state index is 0.276. The highest BCUT2D eigenvalue weighted by molar-refractivity contribution is 5.74. The average molecular weight is 227 g/mol. The summed E-state index contributed by atoms with van der Waals surface area (Å²) in [6.45, 7) is 2.51. The smallest absolute Gasteiger partial charge is 0.321 e. The number of rotatable bonds is 5. The first-order valence-corrected chi connectivity index (χ1v) is 6.19. The first-order valence-electron chi connectivity index (χ1n) is 6.19. The van der Waals surface area contributed by atoms with Crippen LogP contribution in [0.15, 0.2) is 0 Å². The fourth-order valence-electron chi connectivity index (χ4n) is 2.63. The summed E-state index contributed by atoms with van der Waals surface area (Å²) >= 11 is 0. The zero-order chi connectivity index (χ0) is 11.5. The van der Waals surface area contributed by atoms with Gasteiger partial charge < -0.3 is 9.84 Å². The first kappa shape index (κ1) is 11.9.